The highest BCUT2D eigenvalue weighted by molar-refractivity contribution is 7.98. The smallest absolute Gasteiger partial charge is 0.268 e. The van der Waals surface area contributed by atoms with E-state index < -0.39 is 0 Å². The Morgan fingerprint density at radius 3 is 2.68 bits per heavy atom. The molecule has 2 aromatic carbocycles. The van der Waals surface area contributed by atoms with E-state index >= 15 is 0 Å². The average Bonchev–Trinajstić information content (AvgIpc) is 3.45. The summed E-state index contributed by atoms with van der Waals surface area (Å²) in [7, 11) is 1.61. The van der Waals surface area contributed by atoms with E-state index in [4.69, 9.17) is 32.7 Å². The van der Waals surface area contributed by atoms with Crippen LogP contribution in [0.15, 0.2) is 52.4 Å². The van der Waals surface area contributed by atoms with Crippen molar-refractivity contribution in [3.63, 3.8) is 0 Å². The molecule has 0 spiro atoms. The number of rotatable bonds is 5. The molecule has 0 radical (unpaired) electrons. The molecule has 37 heavy (non-hydrogen) atoms. The maximum absolute atomic E-state index is 14.1. The van der Waals surface area contributed by atoms with Crippen LogP contribution in [0.1, 0.15) is 29.9 Å². The molecule has 190 valence electrons. The highest BCUT2D eigenvalue weighted by Crippen LogP contribution is 2.39. The molecule has 6 rings (SSSR count). The van der Waals surface area contributed by atoms with E-state index in [1.54, 1.807) is 29.1 Å². The zero-order chi connectivity index (χ0) is 25.9. The molecule has 5 aromatic rings. The quantitative estimate of drug-likeness (QED) is 0.222. The molecule has 0 aliphatic carbocycles. The first-order chi connectivity index (χ1) is 17.8. The number of halogens is 2. The summed E-state index contributed by atoms with van der Waals surface area (Å²) in [5.74, 6) is 1.73. The van der Waals surface area contributed by atoms with Crippen molar-refractivity contribution in [1.82, 2.24) is 19.2 Å². The first-order valence-electron chi connectivity index (χ1n) is 11.6. The van der Waals surface area contributed by atoms with Gasteiger partial charge in [-0.1, -0.05) is 41.0 Å². The topological polar surface area (TPSA) is 70.7 Å². The molecule has 0 amide bonds. The Hall–Kier alpha value is -2.56. The van der Waals surface area contributed by atoms with Gasteiger partial charge in [0.2, 0.25) is 5.78 Å². The average molecular weight is 574 g/mol. The van der Waals surface area contributed by atoms with Gasteiger partial charge >= 0.3 is 0 Å². The second-order valence-corrected chi connectivity index (χ2v) is 12.3. The van der Waals surface area contributed by atoms with Gasteiger partial charge in [-0.3, -0.25) is 4.79 Å². The maximum atomic E-state index is 14.1. The maximum Gasteiger partial charge on any atom is 0.268 e. The van der Waals surface area contributed by atoms with Crippen molar-refractivity contribution in [2.45, 2.75) is 43.4 Å². The Balaban J connectivity index is 1.57. The van der Waals surface area contributed by atoms with Gasteiger partial charge in [0.25, 0.3) is 5.56 Å². The molecule has 4 heterocycles. The van der Waals surface area contributed by atoms with Crippen LogP contribution in [0.4, 0.5) is 0 Å². The number of benzene rings is 2. The van der Waals surface area contributed by atoms with E-state index in [1.165, 1.54) is 11.8 Å². The summed E-state index contributed by atoms with van der Waals surface area (Å²) in [6.07, 6.45) is 0.649. The number of nitrogens with zero attached hydrogens (tertiary/aromatic N) is 4. The van der Waals surface area contributed by atoms with Crippen LogP contribution in [-0.2, 0) is 23.5 Å². The van der Waals surface area contributed by atoms with Gasteiger partial charge in [0.15, 0.2) is 5.16 Å². The molecule has 3 aromatic heterocycles. The van der Waals surface area contributed by atoms with Gasteiger partial charge in [-0.05, 0) is 61.4 Å². The van der Waals surface area contributed by atoms with Crippen LogP contribution in [0.2, 0.25) is 10.0 Å². The summed E-state index contributed by atoms with van der Waals surface area (Å²) < 4.78 is 15.0. The van der Waals surface area contributed by atoms with Gasteiger partial charge in [0.05, 0.1) is 30.4 Å². The van der Waals surface area contributed by atoms with E-state index in [9.17, 15) is 4.79 Å². The Kier molecular flexibility index (Phi) is 6.24. The number of aromatic nitrogens is 4. The molecule has 11 heteroatoms. The van der Waals surface area contributed by atoms with Gasteiger partial charge in [0.1, 0.15) is 10.6 Å². The van der Waals surface area contributed by atoms with Crippen molar-refractivity contribution in [2.75, 3.05) is 7.11 Å². The van der Waals surface area contributed by atoms with E-state index in [0.29, 0.717) is 56.6 Å². The first kappa shape index (κ1) is 24.8. The van der Waals surface area contributed by atoms with Crippen LogP contribution in [0.3, 0.4) is 0 Å². The summed E-state index contributed by atoms with van der Waals surface area (Å²) in [6.45, 7) is 4.57. The SMILES string of the molecule is COc1ccc(-n2c(=O)c3c4c(sc3n3c(SCc5ccc(Cl)cc5Cl)nnc23)COC(C)(C)C4)cc1. The number of ether oxygens (including phenoxy) is 2. The van der Waals surface area contributed by atoms with Gasteiger partial charge in [-0.2, -0.15) is 0 Å². The molecule has 0 atom stereocenters. The zero-order valence-electron chi connectivity index (χ0n) is 20.2. The second-order valence-electron chi connectivity index (χ2n) is 9.39. The van der Waals surface area contributed by atoms with Crippen molar-refractivity contribution in [3.8, 4) is 11.4 Å². The molecular weight excluding hydrogens is 551 g/mol. The van der Waals surface area contributed by atoms with E-state index in [2.05, 4.69) is 24.0 Å². The van der Waals surface area contributed by atoms with Crippen LogP contribution in [0, 0.1) is 0 Å². The molecular formula is C26H22Cl2N4O3S2. The number of thioether (sulfide) groups is 1. The van der Waals surface area contributed by atoms with Crippen LogP contribution >= 0.6 is 46.3 Å². The first-order valence-corrected chi connectivity index (χ1v) is 14.1. The summed E-state index contributed by atoms with van der Waals surface area (Å²) in [5.41, 5.74) is 2.19. The van der Waals surface area contributed by atoms with Gasteiger partial charge in [0, 0.05) is 27.1 Å². The van der Waals surface area contributed by atoms with Crippen LogP contribution in [0.5, 0.6) is 5.75 Å². The van der Waals surface area contributed by atoms with Gasteiger partial charge < -0.3 is 9.47 Å². The minimum absolute atomic E-state index is 0.118. The fourth-order valence-electron chi connectivity index (χ4n) is 4.54. The standard InChI is InChI=1S/C26H22Cl2N4O3S2/c1-26(2)11-18-20(12-35-26)37-23-21(18)22(33)31(16-6-8-17(34-3)9-7-16)24-29-30-25(32(23)24)36-13-14-4-5-15(27)10-19(14)28/h4-10H,11-13H2,1-3H3. The lowest BCUT2D eigenvalue weighted by Crippen LogP contribution is -2.32. The fourth-order valence-corrected chi connectivity index (χ4v) is 7.31. The number of hydrogen-bond acceptors (Lipinski definition) is 7. The lowest BCUT2D eigenvalue weighted by atomic mass is 9.94. The largest absolute Gasteiger partial charge is 0.497 e. The lowest BCUT2D eigenvalue weighted by Gasteiger charge is -2.29. The summed E-state index contributed by atoms with van der Waals surface area (Å²) in [6, 6.07) is 12.8. The highest BCUT2D eigenvalue weighted by atomic mass is 35.5. The minimum atomic E-state index is -0.358. The number of fused-ring (bicyclic) bond motifs is 5. The lowest BCUT2D eigenvalue weighted by molar-refractivity contribution is -0.0379. The second kappa shape index (κ2) is 9.32. The molecule has 0 N–H and O–H groups in total. The predicted octanol–water partition coefficient (Wildman–Crippen LogP) is 6.55. The van der Waals surface area contributed by atoms with Crippen molar-refractivity contribution in [2.24, 2.45) is 0 Å². The fraction of sp³-hybridized carbons (Fsp3) is 0.269. The van der Waals surface area contributed by atoms with Gasteiger partial charge in [-0.25, -0.2) is 8.97 Å². The summed E-state index contributed by atoms with van der Waals surface area (Å²) >= 11 is 15.6. The Morgan fingerprint density at radius 1 is 1.16 bits per heavy atom. The van der Waals surface area contributed by atoms with Crippen LogP contribution in [-0.4, -0.2) is 31.9 Å². The normalized spacial score (nSPS) is 14.8. The zero-order valence-corrected chi connectivity index (χ0v) is 23.4. The van der Waals surface area contributed by atoms with Crippen molar-refractivity contribution < 1.29 is 9.47 Å². The Labute approximate surface area is 230 Å². The molecule has 0 bridgehead atoms. The van der Waals surface area contributed by atoms with Crippen molar-refractivity contribution >= 4 is 62.3 Å². The van der Waals surface area contributed by atoms with E-state index in [1.807, 2.05) is 40.8 Å². The summed E-state index contributed by atoms with van der Waals surface area (Å²) in [5, 5.41) is 11.5. The number of methoxy groups -OCH3 is 1. The molecule has 0 saturated heterocycles. The van der Waals surface area contributed by atoms with E-state index in [-0.39, 0.29) is 11.2 Å². The predicted molar refractivity (Wildman–Crippen MR) is 149 cm³/mol. The van der Waals surface area contributed by atoms with E-state index in [0.717, 1.165) is 20.8 Å². The third kappa shape index (κ3) is 4.32. The number of thiophene rings is 1. The Bertz CT molecular complexity index is 1720. The Morgan fingerprint density at radius 2 is 1.95 bits per heavy atom. The molecule has 1 aliphatic rings. The van der Waals surface area contributed by atoms with Crippen molar-refractivity contribution in [3.05, 3.63) is 78.9 Å². The number of hydrogen-bond donors (Lipinski definition) is 0. The van der Waals surface area contributed by atoms with Gasteiger partial charge in [-0.15, -0.1) is 21.5 Å². The van der Waals surface area contributed by atoms with Crippen LogP contribution < -0.4 is 10.3 Å². The van der Waals surface area contributed by atoms with Crippen molar-refractivity contribution in [1.29, 1.82) is 0 Å². The van der Waals surface area contributed by atoms with Crippen LogP contribution in [0.25, 0.3) is 21.7 Å². The highest BCUT2D eigenvalue weighted by Gasteiger charge is 2.32. The third-order valence-corrected chi connectivity index (χ3v) is 9.16. The molecule has 0 fully saturated rings. The third-order valence-electron chi connectivity index (χ3n) is 6.41. The monoisotopic (exact) mass is 572 g/mol. The molecule has 7 nitrogen and oxygen atoms in total. The summed E-state index contributed by atoms with van der Waals surface area (Å²) in [4.78, 5) is 16.0. The molecule has 1 aliphatic heterocycles. The molecule has 0 saturated carbocycles. The molecule has 0 unspecified atom stereocenters. The minimum Gasteiger partial charge on any atom is -0.497 e.